The van der Waals surface area contributed by atoms with E-state index in [9.17, 15) is 0 Å². The fourth-order valence-electron chi connectivity index (χ4n) is 0. The minimum Gasteiger partial charge on any atom is -0.397 e. The maximum absolute atomic E-state index is 7.57. The van der Waals surface area contributed by atoms with Crippen molar-refractivity contribution in [3.05, 3.63) is 5.92 Å². The Labute approximate surface area is 79.4 Å². The Balaban J connectivity index is -0.0000000233. The van der Waals surface area contributed by atoms with Gasteiger partial charge in [0.05, 0.1) is 0 Å². The zero-order valence-corrected chi connectivity index (χ0v) is 10.8. The van der Waals surface area contributed by atoms with Crippen LogP contribution in [0.4, 0.5) is 0 Å². The molecule has 0 unspecified atom stereocenters. The molecular formula is C6H18MgOSi. The Kier molecular flexibility index (Phi) is 57.8. The largest absolute Gasteiger partial charge is 2.00 e. The van der Waals surface area contributed by atoms with Crippen LogP contribution in [0, 0.1) is 5.92 Å². The molecule has 0 aromatic carbocycles. The standard InChI is InChI=1S/C4H9.C2H6O.Mg.H3Si/c1-4(2)3;1-2-3;;/h1-3H3;3H,2H2,1H3;;1H3/q-1;;+2;-1. The van der Waals surface area contributed by atoms with E-state index in [0.717, 1.165) is 0 Å². The summed E-state index contributed by atoms with van der Waals surface area (Å²) in [5, 5.41) is 7.57. The van der Waals surface area contributed by atoms with E-state index in [1.165, 1.54) is 5.92 Å². The van der Waals surface area contributed by atoms with Crippen LogP contribution in [-0.4, -0.2) is 45.7 Å². The van der Waals surface area contributed by atoms with E-state index in [0.29, 0.717) is 0 Å². The van der Waals surface area contributed by atoms with E-state index in [1.54, 1.807) is 6.92 Å². The maximum Gasteiger partial charge on any atom is 2.00 e. The summed E-state index contributed by atoms with van der Waals surface area (Å²) in [5.41, 5.74) is 0. The van der Waals surface area contributed by atoms with Gasteiger partial charge < -0.3 is 22.0 Å². The van der Waals surface area contributed by atoms with Gasteiger partial charge in [-0.1, -0.05) is 0 Å². The number of hydrogen-bond acceptors (Lipinski definition) is 1. The second-order valence-electron chi connectivity index (χ2n) is 1.82. The van der Waals surface area contributed by atoms with Crippen LogP contribution in [-0.2, 0) is 0 Å². The van der Waals surface area contributed by atoms with Crippen molar-refractivity contribution < 1.29 is 5.11 Å². The van der Waals surface area contributed by atoms with Crippen LogP contribution in [0.2, 0.25) is 0 Å². The molecule has 0 fully saturated rings. The van der Waals surface area contributed by atoms with Gasteiger partial charge in [-0.25, -0.2) is 0 Å². The van der Waals surface area contributed by atoms with Crippen molar-refractivity contribution in [3.63, 3.8) is 0 Å². The van der Waals surface area contributed by atoms with E-state index < -0.39 is 0 Å². The third-order valence-electron chi connectivity index (χ3n) is 0. The summed E-state index contributed by atoms with van der Waals surface area (Å²) in [4.78, 5) is 0. The van der Waals surface area contributed by atoms with E-state index in [1.807, 2.05) is 0 Å². The molecule has 54 valence electrons. The molecular weight excluding hydrogens is 140 g/mol. The first-order valence-corrected chi connectivity index (χ1v) is 2.52. The van der Waals surface area contributed by atoms with Gasteiger partial charge in [-0.3, -0.25) is 0 Å². The topological polar surface area (TPSA) is 20.2 Å². The molecule has 0 saturated heterocycles. The van der Waals surface area contributed by atoms with Crippen molar-refractivity contribution in [2.24, 2.45) is 0 Å². The first kappa shape index (κ1) is 22.5. The van der Waals surface area contributed by atoms with Crippen molar-refractivity contribution in [3.8, 4) is 0 Å². The Morgan fingerprint density at radius 3 is 1.22 bits per heavy atom. The summed E-state index contributed by atoms with van der Waals surface area (Å²) in [6, 6.07) is 0. The fourth-order valence-corrected chi connectivity index (χ4v) is 0. The minimum absolute atomic E-state index is 0. The number of aliphatic hydroxyl groups is 1. The first-order chi connectivity index (χ1) is 3.15. The molecule has 0 aromatic rings. The summed E-state index contributed by atoms with van der Waals surface area (Å²) in [5.74, 6) is 1.42. The first-order valence-electron chi connectivity index (χ1n) is 2.52. The van der Waals surface area contributed by atoms with Gasteiger partial charge in [0, 0.05) is 6.61 Å². The molecule has 9 heavy (non-hydrogen) atoms. The van der Waals surface area contributed by atoms with Crippen molar-refractivity contribution in [1.82, 2.24) is 0 Å². The number of rotatable bonds is 0. The predicted molar refractivity (Wildman–Crippen MR) is 48.7 cm³/mol. The average molecular weight is 159 g/mol. The molecule has 1 nitrogen and oxygen atoms in total. The molecule has 0 heterocycles. The van der Waals surface area contributed by atoms with Crippen molar-refractivity contribution in [2.45, 2.75) is 27.7 Å². The minimum atomic E-state index is 0. The van der Waals surface area contributed by atoms with Crippen LogP contribution >= 0.6 is 0 Å². The second-order valence-corrected chi connectivity index (χ2v) is 1.82. The van der Waals surface area contributed by atoms with E-state index in [2.05, 4.69) is 20.8 Å². The Bertz CT molecular complexity index is 24.3. The zero-order chi connectivity index (χ0) is 6.28. The van der Waals surface area contributed by atoms with Crippen LogP contribution in [0.25, 0.3) is 0 Å². The molecule has 0 amide bonds. The van der Waals surface area contributed by atoms with E-state index >= 15 is 0 Å². The molecule has 0 saturated carbocycles. The molecule has 0 spiro atoms. The molecule has 3 heteroatoms. The summed E-state index contributed by atoms with van der Waals surface area (Å²) in [6.07, 6.45) is 0. The van der Waals surface area contributed by atoms with Crippen LogP contribution in [0.15, 0.2) is 0 Å². The summed E-state index contributed by atoms with van der Waals surface area (Å²) < 4.78 is 0. The predicted octanol–water partition coefficient (Wildman–Crippen LogP) is 0.0545. The second kappa shape index (κ2) is 23.1. The monoisotopic (exact) mass is 158 g/mol. The van der Waals surface area contributed by atoms with Crippen LogP contribution in [0.1, 0.15) is 27.7 Å². The molecule has 0 aliphatic heterocycles. The molecule has 0 radical (unpaired) electrons. The van der Waals surface area contributed by atoms with Gasteiger partial charge in [0.25, 0.3) is 0 Å². The molecule has 0 aromatic heterocycles. The molecule has 0 aliphatic rings. The summed E-state index contributed by atoms with van der Waals surface area (Å²) in [6.45, 7) is 8.18. The Hall–Kier alpha value is 0.943. The molecule has 0 atom stereocenters. The number of aliphatic hydroxyl groups excluding tert-OH is 1. The Morgan fingerprint density at radius 1 is 1.22 bits per heavy atom. The normalized spacial score (nSPS) is 6.00. The maximum atomic E-state index is 7.57. The summed E-state index contributed by atoms with van der Waals surface area (Å²) >= 11 is 0. The van der Waals surface area contributed by atoms with Crippen LogP contribution in [0.5, 0.6) is 0 Å². The zero-order valence-electron chi connectivity index (χ0n) is 7.36. The van der Waals surface area contributed by atoms with Crippen molar-refractivity contribution >= 4 is 34.0 Å². The third-order valence-corrected chi connectivity index (χ3v) is 0. The number of hydrogen-bond donors (Lipinski definition) is 1. The third kappa shape index (κ3) is 485. The fraction of sp³-hybridized carbons (Fsp3) is 0.833. The molecule has 0 bridgehead atoms. The molecule has 1 N–H and O–H groups in total. The molecule has 0 aliphatic carbocycles. The van der Waals surface area contributed by atoms with E-state index in [-0.39, 0.29) is 40.6 Å². The van der Waals surface area contributed by atoms with Gasteiger partial charge in [0.1, 0.15) is 0 Å². The SMILES string of the molecule is CCO.C[C-](C)C.[Mg+2].[SiH3-]. The van der Waals surface area contributed by atoms with Gasteiger partial charge in [-0.2, -0.15) is 20.8 Å². The summed E-state index contributed by atoms with van der Waals surface area (Å²) in [7, 11) is 0. The van der Waals surface area contributed by atoms with E-state index in [4.69, 9.17) is 5.11 Å². The quantitative estimate of drug-likeness (QED) is 0.390. The Morgan fingerprint density at radius 2 is 1.22 bits per heavy atom. The van der Waals surface area contributed by atoms with Crippen LogP contribution in [0.3, 0.4) is 0 Å². The average Bonchev–Trinajstić information content (AvgIpc) is 1.33. The smallest absolute Gasteiger partial charge is 0.397 e. The molecule has 0 rings (SSSR count). The van der Waals surface area contributed by atoms with Gasteiger partial charge in [0.15, 0.2) is 0 Å². The van der Waals surface area contributed by atoms with Gasteiger partial charge in [0.2, 0.25) is 0 Å². The van der Waals surface area contributed by atoms with Gasteiger partial charge >= 0.3 is 23.1 Å². The van der Waals surface area contributed by atoms with Gasteiger partial charge in [-0.15, -0.1) is 0 Å². The van der Waals surface area contributed by atoms with Crippen molar-refractivity contribution in [1.29, 1.82) is 0 Å². The van der Waals surface area contributed by atoms with Crippen LogP contribution < -0.4 is 0 Å². The van der Waals surface area contributed by atoms with Gasteiger partial charge in [-0.05, 0) is 6.92 Å². The van der Waals surface area contributed by atoms with Crippen molar-refractivity contribution in [2.75, 3.05) is 6.61 Å².